The van der Waals surface area contributed by atoms with Crippen LogP contribution in [-0.4, -0.2) is 15.3 Å². The molecule has 0 aliphatic rings. The molecule has 0 aliphatic carbocycles. The molecule has 4 aromatic rings. The predicted octanol–water partition coefficient (Wildman–Crippen LogP) is 5.89. The lowest BCUT2D eigenvalue weighted by Gasteiger charge is -2.06. The number of anilines is 1. The zero-order valence-corrected chi connectivity index (χ0v) is 17.9. The van der Waals surface area contributed by atoms with Crippen LogP contribution in [0.3, 0.4) is 0 Å². The maximum absolute atomic E-state index is 12.8. The molecule has 0 fully saturated rings. The lowest BCUT2D eigenvalue weighted by Crippen LogP contribution is -2.15. The number of thiazole rings is 1. The highest BCUT2D eigenvalue weighted by molar-refractivity contribution is 9.10. The number of hydrogen-bond donors (Lipinski definition) is 2. The Hall–Kier alpha value is -1.71. The summed E-state index contributed by atoms with van der Waals surface area (Å²) in [5.74, 6) is -0.418. The van der Waals surface area contributed by atoms with Crippen LogP contribution in [0.4, 0.5) is 5.69 Å². The Kier molecular flexibility index (Phi) is 4.85. The molecule has 0 bridgehead atoms. The van der Waals surface area contributed by atoms with Crippen molar-refractivity contribution < 1.29 is 4.79 Å². The van der Waals surface area contributed by atoms with Crippen LogP contribution in [0.25, 0.3) is 16.6 Å². The zero-order valence-electron chi connectivity index (χ0n) is 13.2. The minimum Gasteiger partial charge on any atom is -0.321 e. The second kappa shape index (κ2) is 7.03. The number of H-pyrrole nitrogens is 1. The fourth-order valence-corrected chi connectivity index (χ4v) is 4.90. The van der Waals surface area contributed by atoms with E-state index in [2.05, 4.69) is 26.2 Å². The molecule has 0 atom stereocenters. The number of amides is 1. The number of hydrogen-bond acceptors (Lipinski definition) is 4. The monoisotopic (exact) mass is 499 g/mol. The van der Waals surface area contributed by atoms with Gasteiger partial charge in [0.15, 0.2) is 3.95 Å². The third-order valence-corrected chi connectivity index (χ3v) is 6.12. The van der Waals surface area contributed by atoms with Crippen molar-refractivity contribution in [1.82, 2.24) is 9.38 Å². The zero-order chi connectivity index (χ0) is 19.3. The number of aromatic nitrogens is 2. The van der Waals surface area contributed by atoms with E-state index in [-0.39, 0.29) is 10.4 Å². The van der Waals surface area contributed by atoms with E-state index in [4.69, 9.17) is 35.4 Å². The second-order valence-corrected chi connectivity index (χ2v) is 9.04. The van der Waals surface area contributed by atoms with Gasteiger partial charge in [0.1, 0.15) is 10.5 Å². The molecule has 136 valence electrons. The summed E-state index contributed by atoms with van der Waals surface area (Å²) >= 11 is 21.8. The Labute approximate surface area is 179 Å². The molecule has 4 rings (SSSR count). The fourth-order valence-electron chi connectivity index (χ4n) is 2.73. The van der Waals surface area contributed by atoms with Crippen LogP contribution < -0.4 is 10.9 Å². The van der Waals surface area contributed by atoms with E-state index in [0.717, 1.165) is 15.8 Å². The van der Waals surface area contributed by atoms with Gasteiger partial charge in [-0.25, -0.2) is 0 Å². The van der Waals surface area contributed by atoms with E-state index >= 15 is 0 Å². The van der Waals surface area contributed by atoms with Crippen molar-refractivity contribution in [3.05, 3.63) is 70.1 Å². The highest BCUT2D eigenvalue weighted by Crippen LogP contribution is 2.27. The third-order valence-electron chi connectivity index (χ3n) is 3.81. The summed E-state index contributed by atoms with van der Waals surface area (Å²) in [6, 6.07) is 10.0. The van der Waals surface area contributed by atoms with Crippen molar-refractivity contribution in [2.45, 2.75) is 0 Å². The van der Waals surface area contributed by atoms with Crippen molar-refractivity contribution in [3.63, 3.8) is 0 Å². The summed E-state index contributed by atoms with van der Waals surface area (Å²) in [6.07, 6.45) is 0. The Morgan fingerprint density at radius 3 is 2.59 bits per heavy atom. The maximum atomic E-state index is 12.8. The van der Waals surface area contributed by atoms with Gasteiger partial charge in [0, 0.05) is 20.2 Å². The van der Waals surface area contributed by atoms with E-state index in [0.29, 0.717) is 36.2 Å². The smallest absolute Gasteiger partial charge is 0.269 e. The summed E-state index contributed by atoms with van der Waals surface area (Å²) in [4.78, 5) is 28.3. The number of fused-ring (bicyclic) bond motifs is 3. The highest BCUT2D eigenvalue weighted by Gasteiger charge is 2.18. The van der Waals surface area contributed by atoms with E-state index in [1.165, 1.54) is 0 Å². The largest absolute Gasteiger partial charge is 0.321 e. The molecule has 0 unspecified atom stereocenters. The number of nitrogens with one attached hydrogen (secondary N) is 2. The first-order chi connectivity index (χ1) is 12.8. The molecule has 27 heavy (non-hydrogen) atoms. The number of halogens is 3. The molecule has 1 amide bonds. The quantitative estimate of drug-likeness (QED) is 0.337. The topological polar surface area (TPSA) is 66.4 Å². The van der Waals surface area contributed by atoms with Gasteiger partial charge in [0.2, 0.25) is 0 Å². The number of aromatic amines is 1. The van der Waals surface area contributed by atoms with Crippen LogP contribution in [0.15, 0.2) is 45.7 Å². The van der Waals surface area contributed by atoms with Crippen molar-refractivity contribution in [3.8, 4) is 0 Å². The van der Waals surface area contributed by atoms with Crippen molar-refractivity contribution >= 4 is 90.8 Å². The molecule has 0 aliphatic heterocycles. The van der Waals surface area contributed by atoms with E-state index in [1.54, 1.807) is 34.7 Å². The first kappa shape index (κ1) is 18.6. The Morgan fingerprint density at radius 2 is 1.89 bits per heavy atom. The average molecular weight is 501 g/mol. The standard InChI is InChI=1S/C17H8BrCl2N3O2S2/c18-7-1-2-12-11(3-7)15(24)22-14-13(27-17(26)23(12)14)16(25)21-10-5-8(19)4-9(20)6-10/h1-6H,(H,21,25)(H,22,24). The Bertz CT molecular complexity index is 1340. The molecular formula is C17H8BrCl2N3O2S2. The minimum absolute atomic E-state index is 0.290. The molecule has 10 heteroatoms. The lowest BCUT2D eigenvalue weighted by molar-refractivity contribution is 0.103. The Morgan fingerprint density at radius 1 is 1.19 bits per heavy atom. The number of benzene rings is 2. The van der Waals surface area contributed by atoms with Crippen LogP contribution in [0.2, 0.25) is 10.0 Å². The molecule has 5 nitrogen and oxygen atoms in total. The van der Waals surface area contributed by atoms with Gasteiger partial charge in [0.05, 0.1) is 10.9 Å². The van der Waals surface area contributed by atoms with E-state index in [9.17, 15) is 9.59 Å². The van der Waals surface area contributed by atoms with Crippen LogP contribution >= 0.6 is 62.7 Å². The third kappa shape index (κ3) is 3.43. The van der Waals surface area contributed by atoms with Gasteiger partial charge in [-0.3, -0.25) is 14.0 Å². The van der Waals surface area contributed by atoms with Gasteiger partial charge < -0.3 is 10.3 Å². The van der Waals surface area contributed by atoms with Gasteiger partial charge in [0.25, 0.3) is 11.5 Å². The number of carbonyl (C=O) groups excluding carboxylic acids is 1. The average Bonchev–Trinajstić information content (AvgIpc) is 2.91. The summed E-state index contributed by atoms with van der Waals surface area (Å²) in [5, 5.41) is 4.01. The molecular weight excluding hydrogens is 493 g/mol. The van der Waals surface area contributed by atoms with Crippen LogP contribution in [0.1, 0.15) is 9.67 Å². The normalized spacial score (nSPS) is 11.2. The number of rotatable bonds is 2. The summed E-state index contributed by atoms with van der Waals surface area (Å²) in [5.41, 5.74) is 1.11. The molecule has 2 aromatic carbocycles. The van der Waals surface area contributed by atoms with Crippen LogP contribution in [0, 0.1) is 3.95 Å². The van der Waals surface area contributed by atoms with Gasteiger partial charge in [-0.15, -0.1) is 0 Å². The van der Waals surface area contributed by atoms with Gasteiger partial charge in [-0.05, 0) is 48.6 Å². The summed E-state index contributed by atoms with van der Waals surface area (Å²) < 4.78 is 2.91. The highest BCUT2D eigenvalue weighted by atomic mass is 79.9. The SMILES string of the molecule is O=C(Nc1cc(Cl)cc(Cl)c1)c1sc(=S)n2c1[nH]c(=O)c1cc(Br)ccc12. The van der Waals surface area contributed by atoms with Gasteiger partial charge >= 0.3 is 0 Å². The molecule has 2 N–H and O–H groups in total. The fraction of sp³-hybridized carbons (Fsp3) is 0. The van der Waals surface area contributed by atoms with Crippen molar-refractivity contribution in [2.75, 3.05) is 5.32 Å². The van der Waals surface area contributed by atoms with Gasteiger partial charge in [-0.1, -0.05) is 50.5 Å². The number of nitrogens with zero attached hydrogens (tertiary/aromatic N) is 1. The molecule has 0 spiro atoms. The Balaban J connectivity index is 1.89. The first-order valence-electron chi connectivity index (χ1n) is 7.48. The first-order valence-corrected chi connectivity index (χ1v) is 10.3. The summed E-state index contributed by atoms with van der Waals surface area (Å²) in [6.45, 7) is 0. The van der Waals surface area contributed by atoms with Crippen LogP contribution in [0.5, 0.6) is 0 Å². The molecule has 0 saturated carbocycles. The second-order valence-electron chi connectivity index (χ2n) is 5.61. The summed E-state index contributed by atoms with van der Waals surface area (Å²) in [7, 11) is 0. The molecule has 0 radical (unpaired) electrons. The van der Waals surface area contributed by atoms with E-state index < -0.39 is 5.91 Å². The van der Waals surface area contributed by atoms with E-state index in [1.807, 2.05) is 6.07 Å². The molecule has 0 saturated heterocycles. The van der Waals surface area contributed by atoms with Gasteiger partial charge in [-0.2, -0.15) is 0 Å². The lowest BCUT2D eigenvalue weighted by atomic mass is 10.2. The predicted molar refractivity (Wildman–Crippen MR) is 116 cm³/mol. The van der Waals surface area contributed by atoms with Crippen molar-refractivity contribution in [1.29, 1.82) is 0 Å². The van der Waals surface area contributed by atoms with Crippen LogP contribution in [-0.2, 0) is 0 Å². The molecule has 2 aromatic heterocycles. The maximum Gasteiger partial charge on any atom is 0.269 e. The van der Waals surface area contributed by atoms with Crippen molar-refractivity contribution in [2.24, 2.45) is 0 Å². The minimum atomic E-state index is -0.418. The number of carbonyl (C=O) groups is 1. The molecule has 2 heterocycles.